The van der Waals surface area contributed by atoms with Crippen LogP contribution in [-0.2, 0) is 25.6 Å². The van der Waals surface area contributed by atoms with Crippen LogP contribution in [0.25, 0.3) is 10.9 Å². The predicted molar refractivity (Wildman–Crippen MR) is 134 cm³/mol. The Kier molecular flexibility index (Phi) is 7.66. The summed E-state index contributed by atoms with van der Waals surface area (Å²) in [5, 5.41) is 5.44. The van der Waals surface area contributed by atoms with Crippen molar-refractivity contribution in [3.05, 3.63) is 60.5 Å². The van der Waals surface area contributed by atoms with Gasteiger partial charge in [-0.25, -0.2) is 4.39 Å². The average Bonchev–Trinajstić information content (AvgIpc) is 3.35. The molecule has 9 nitrogen and oxygen atoms in total. The molecule has 1 atom stereocenters. The number of hydrogen-bond acceptors (Lipinski definition) is 6. The number of benzene rings is 2. The Morgan fingerprint density at radius 1 is 0.973 bits per heavy atom. The highest BCUT2D eigenvalue weighted by atomic mass is 19.1. The van der Waals surface area contributed by atoms with Crippen molar-refractivity contribution in [2.75, 3.05) is 52.6 Å². The van der Waals surface area contributed by atoms with E-state index in [9.17, 15) is 14.0 Å². The molecule has 37 heavy (non-hydrogen) atoms. The third-order valence-corrected chi connectivity index (χ3v) is 6.84. The number of fused-ring (bicyclic) bond motifs is 1. The molecule has 0 aliphatic carbocycles. The van der Waals surface area contributed by atoms with Gasteiger partial charge in [-0.2, -0.15) is 5.10 Å². The number of aromatic nitrogens is 2. The molecule has 2 aliphatic heterocycles. The first-order valence-electron chi connectivity index (χ1n) is 12.6. The van der Waals surface area contributed by atoms with Crippen molar-refractivity contribution in [2.45, 2.75) is 25.0 Å². The van der Waals surface area contributed by atoms with E-state index in [1.165, 1.54) is 24.3 Å². The molecule has 2 aromatic carbocycles. The highest BCUT2D eigenvalue weighted by molar-refractivity contribution is 5.80. The van der Waals surface area contributed by atoms with Crippen LogP contribution in [0.4, 0.5) is 4.39 Å². The number of amides is 2. The minimum atomic E-state index is -1.02. The maximum Gasteiger partial charge on any atom is 0.225 e. The molecule has 0 spiro atoms. The maximum absolute atomic E-state index is 13.3. The first kappa shape index (κ1) is 25.2. The maximum atomic E-state index is 13.3. The lowest BCUT2D eigenvalue weighted by molar-refractivity contribution is -0.167. The number of aryl methyl sites for hydroxylation is 1. The molecule has 2 fully saturated rings. The summed E-state index contributed by atoms with van der Waals surface area (Å²) in [5.41, 5.74) is -0.0359. The van der Waals surface area contributed by atoms with E-state index >= 15 is 0 Å². The first-order chi connectivity index (χ1) is 18.0. The summed E-state index contributed by atoms with van der Waals surface area (Å²) in [6.45, 7) is 3.50. The number of hydrogen-bond donors (Lipinski definition) is 0. The quantitative estimate of drug-likeness (QED) is 0.463. The summed E-state index contributed by atoms with van der Waals surface area (Å²) in [6, 6.07) is 13.6. The lowest BCUT2D eigenvalue weighted by Crippen LogP contribution is -2.58. The molecule has 0 saturated carbocycles. The molecular weight excluding hydrogens is 479 g/mol. The molecule has 196 valence electrons. The van der Waals surface area contributed by atoms with Gasteiger partial charge >= 0.3 is 0 Å². The van der Waals surface area contributed by atoms with E-state index < -0.39 is 5.60 Å². The van der Waals surface area contributed by atoms with Gasteiger partial charge in [-0.15, -0.1) is 0 Å². The van der Waals surface area contributed by atoms with Crippen molar-refractivity contribution in [1.29, 1.82) is 0 Å². The molecule has 3 heterocycles. The average molecular weight is 511 g/mol. The Labute approximate surface area is 214 Å². The van der Waals surface area contributed by atoms with Gasteiger partial charge in [0.25, 0.3) is 0 Å². The molecule has 0 unspecified atom stereocenters. The van der Waals surface area contributed by atoms with Gasteiger partial charge in [0.1, 0.15) is 23.8 Å². The minimum Gasteiger partial charge on any atom is -0.490 e. The molecule has 1 aromatic heterocycles. The van der Waals surface area contributed by atoms with E-state index in [1.807, 2.05) is 28.9 Å². The molecule has 2 aliphatic rings. The standard InChI is InChI=1S/C27H31FN4O5/c28-22-5-7-23(8-6-22)36-20-27(17-26(34)30-11-14-35-15-12-30)19-31(13-16-37-27)25(33)9-10-32-24-4-2-1-3-21(24)18-29-32/h1-8,18H,9-17,19-20H2/t27-/m1/s1. The Balaban J connectivity index is 1.27. The zero-order valence-electron chi connectivity index (χ0n) is 20.7. The van der Waals surface area contributed by atoms with Gasteiger partial charge in [0.15, 0.2) is 0 Å². The third-order valence-electron chi connectivity index (χ3n) is 6.84. The van der Waals surface area contributed by atoms with E-state index in [1.54, 1.807) is 16.0 Å². The summed E-state index contributed by atoms with van der Waals surface area (Å²) in [4.78, 5) is 29.9. The monoisotopic (exact) mass is 510 g/mol. The predicted octanol–water partition coefficient (Wildman–Crippen LogP) is 2.49. The fraction of sp³-hybridized carbons (Fsp3) is 0.444. The highest BCUT2D eigenvalue weighted by Gasteiger charge is 2.42. The molecule has 2 amide bonds. The first-order valence-corrected chi connectivity index (χ1v) is 12.6. The summed E-state index contributed by atoms with van der Waals surface area (Å²) < 4.78 is 32.7. The number of ether oxygens (including phenoxy) is 3. The van der Waals surface area contributed by atoms with Crippen LogP contribution in [0.15, 0.2) is 54.7 Å². The van der Waals surface area contributed by atoms with Crippen molar-refractivity contribution >= 4 is 22.7 Å². The second-order valence-corrected chi connectivity index (χ2v) is 9.44. The lowest BCUT2D eigenvalue weighted by Gasteiger charge is -2.43. The number of para-hydroxylation sites is 1. The van der Waals surface area contributed by atoms with E-state index in [-0.39, 0.29) is 43.6 Å². The highest BCUT2D eigenvalue weighted by Crippen LogP contribution is 2.26. The van der Waals surface area contributed by atoms with Gasteiger partial charge in [-0.1, -0.05) is 18.2 Å². The Hall–Kier alpha value is -3.50. The normalized spacial score (nSPS) is 20.2. The smallest absolute Gasteiger partial charge is 0.225 e. The number of nitrogens with zero attached hydrogens (tertiary/aromatic N) is 4. The summed E-state index contributed by atoms with van der Waals surface area (Å²) in [6.07, 6.45) is 2.14. The second kappa shape index (κ2) is 11.3. The van der Waals surface area contributed by atoms with Crippen LogP contribution in [0, 0.1) is 5.82 Å². The van der Waals surface area contributed by atoms with Crippen molar-refractivity contribution in [1.82, 2.24) is 19.6 Å². The van der Waals surface area contributed by atoms with Crippen LogP contribution in [0.3, 0.4) is 0 Å². The van der Waals surface area contributed by atoms with Crippen LogP contribution < -0.4 is 4.74 Å². The van der Waals surface area contributed by atoms with Crippen LogP contribution in [-0.4, -0.2) is 89.6 Å². The lowest BCUT2D eigenvalue weighted by atomic mass is 9.96. The van der Waals surface area contributed by atoms with E-state index in [2.05, 4.69) is 5.10 Å². The number of morpholine rings is 2. The molecule has 5 rings (SSSR count). The molecule has 2 saturated heterocycles. The second-order valence-electron chi connectivity index (χ2n) is 9.44. The van der Waals surface area contributed by atoms with Crippen LogP contribution in [0.5, 0.6) is 5.75 Å². The van der Waals surface area contributed by atoms with E-state index in [4.69, 9.17) is 14.2 Å². The molecule has 0 N–H and O–H groups in total. The summed E-state index contributed by atoms with van der Waals surface area (Å²) >= 11 is 0. The van der Waals surface area contributed by atoms with Crippen molar-refractivity contribution in [3.8, 4) is 5.75 Å². The molecule has 3 aromatic rings. The van der Waals surface area contributed by atoms with E-state index in [0.29, 0.717) is 51.7 Å². The number of halogens is 1. The van der Waals surface area contributed by atoms with Crippen LogP contribution in [0.2, 0.25) is 0 Å². The fourth-order valence-electron chi connectivity index (χ4n) is 4.81. The van der Waals surface area contributed by atoms with Crippen molar-refractivity contribution in [3.63, 3.8) is 0 Å². The van der Waals surface area contributed by atoms with Gasteiger partial charge in [-0.05, 0) is 30.3 Å². The van der Waals surface area contributed by atoms with Gasteiger partial charge in [0.05, 0.1) is 51.0 Å². The minimum absolute atomic E-state index is 0.0344. The zero-order chi connectivity index (χ0) is 25.7. The molecule has 0 radical (unpaired) electrons. The number of rotatable bonds is 8. The Morgan fingerprint density at radius 2 is 1.73 bits per heavy atom. The number of carbonyl (C=O) groups excluding carboxylic acids is 2. The summed E-state index contributed by atoms with van der Waals surface area (Å²) in [7, 11) is 0. The zero-order valence-corrected chi connectivity index (χ0v) is 20.7. The SMILES string of the molecule is O=C(C[C@]1(COc2ccc(F)cc2)CN(C(=O)CCn2ncc3ccccc32)CCO1)N1CCOCC1. The molecular formula is C27H31FN4O5. The van der Waals surface area contributed by atoms with Gasteiger partial charge in [-0.3, -0.25) is 14.3 Å². The Bertz CT molecular complexity index is 1230. The molecule has 10 heteroatoms. The van der Waals surface area contributed by atoms with Crippen molar-refractivity contribution < 1.29 is 28.2 Å². The van der Waals surface area contributed by atoms with Gasteiger partial charge in [0, 0.05) is 31.4 Å². The molecule has 0 bridgehead atoms. The van der Waals surface area contributed by atoms with Gasteiger partial charge in [0.2, 0.25) is 11.8 Å². The van der Waals surface area contributed by atoms with Crippen LogP contribution >= 0.6 is 0 Å². The van der Waals surface area contributed by atoms with Crippen molar-refractivity contribution in [2.24, 2.45) is 0 Å². The number of carbonyl (C=O) groups is 2. The third kappa shape index (κ3) is 6.08. The fourth-order valence-corrected chi connectivity index (χ4v) is 4.81. The van der Waals surface area contributed by atoms with Gasteiger partial charge < -0.3 is 24.0 Å². The van der Waals surface area contributed by atoms with E-state index in [0.717, 1.165) is 10.9 Å². The topological polar surface area (TPSA) is 86.1 Å². The summed E-state index contributed by atoms with van der Waals surface area (Å²) in [5.74, 6) is 0.00795. The largest absolute Gasteiger partial charge is 0.490 e. The Morgan fingerprint density at radius 3 is 2.54 bits per heavy atom. The van der Waals surface area contributed by atoms with Crippen LogP contribution in [0.1, 0.15) is 12.8 Å².